The Kier molecular flexibility index (Phi) is 2.72. The summed E-state index contributed by atoms with van der Waals surface area (Å²) in [5.41, 5.74) is 1.85. The van der Waals surface area contributed by atoms with Gasteiger partial charge in [0.2, 0.25) is 0 Å². The molecule has 92 valence electrons. The molecule has 0 unspecified atom stereocenters. The van der Waals surface area contributed by atoms with Crippen LogP contribution in [0.15, 0.2) is 63.8 Å². The monoisotopic (exact) mass is 250 g/mol. The van der Waals surface area contributed by atoms with Gasteiger partial charge in [0.05, 0.1) is 5.56 Å². The molecule has 0 spiro atoms. The minimum atomic E-state index is -0.401. The fraction of sp³-hybridized carbons (Fsp3) is 0. The Morgan fingerprint density at radius 2 is 1.74 bits per heavy atom. The molecule has 19 heavy (non-hydrogen) atoms. The van der Waals surface area contributed by atoms with Crippen LogP contribution in [-0.4, -0.2) is 6.29 Å². The Bertz CT molecular complexity index is 801. The van der Waals surface area contributed by atoms with Crippen LogP contribution in [0.2, 0.25) is 0 Å². The molecule has 0 radical (unpaired) electrons. The van der Waals surface area contributed by atoms with Gasteiger partial charge in [0, 0.05) is 10.9 Å². The number of benzene rings is 2. The first kappa shape index (κ1) is 11.4. The van der Waals surface area contributed by atoms with Gasteiger partial charge < -0.3 is 4.42 Å². The predicted octanol–water partition coefficient (Wildman–Crippen LogP) is 3.27. The molecule has 0 N–H and O–H groups in total. The molecule has 0 fully saturated rings. The van der Waals surface area contributed by atoms with E-state index >= 15 is 0 Å². The van der Waals surface area contributed by atoms with Gasteiger partial charge in [-0.3, -0.25) is 4.79 Å². The number of hydrogen-bond donors (Lipinski definition) is 0. The van der Waals surface area contributed by atoms with Crippen LogP contribution in [0.5, 0.6) is 0 Å². The Morgan fingerprint density at radius 3 is 2.47 bits per heavy atom. The number of carbonyl (C=O) groups excluding carboxylic acids is 1. The van der Waals surface area contributed by atoms with Crippen LogP contribution in [0.1, 0.15) is 10.4 Å². The van der Waals surface area contributed by atoms with Gasteiger partial charge >= 0.3 is 5.63 Å². The summed E-state index contributed by atoms with van der Waals surface area (Å²) in [7, 11) is 0. The smallest absolute Gasteiger partial charge is 0.344 e. The first-order chi connectivity index (χ1) is 9.28. The van der Waals surface area contributed by atoms with Crippen molar-refractivity contribution in [1.29, 1.82) is 0 Å². The fourth-order valence-corrected chi connectivity index (χ4v) is 2.02. The van der Waals surface area contributed by atoms with E-state index in [9.17, 15) is 9.59 Å². The molecule has 1 heterocycles. The summed E-state index contributed by atoms with van der Waals surface area (Å²) in [6, 6.07) is 16.2. The lowest BCUT2D eigenvalue weighted by atomic mass is 10.1. The molecule has 3 heteroatoms. The number of fused-ring (bicyclic) bond motifs is 1. The van der Waals surface area contributed by atoms with Crippen molar-refractivity contribution in [1.82, 2.24) is 0 Å². The quantitative estimate of drug-likeness (QED) is 0.518. The van der Waals surface area contributed by atoms with Crippen molar-refractivity contribution in [3.05, 3.63) is 70.6 Å². The van der Waals surface area contributed by atoms with E-state index in [0.29, 0.717) is 16.7 Å². The van der Waals surface area contributed by atoms with Crippen LogP contribution < -0.4 is 5.63 Å². The minimum Gasteiger partial charge on any atom is -0.422 e. The number of aldehydes is 1. The Morgan fingerprint density at radius 1 is 0.947 bits per heavy atom. The van der Waals surface area contributed by atoms with Crippen LogP contribution in [0, 0.1) is 0 Å². The molecule has 0 amide bonds. The number of carbonyl (C=O) groups is 1. The highest BCUT2D eigenvalue weighted by molar-refractivity contribution is 5.87. The highest BCUT2D eigenvalue weighted by Crippen LogP contribution is 2.21. The predicted molar refractivity (Wildman–Crippen MR) is 73.3 cm³/mol. The average Bonchev–Trinajstić information content (AvgIpc) is 2.47. The lowest BCUT2D eigenvalue weighted by Gasteiger charge is -2.02. The summed E-state index contributed by atoms with van der Waals surface area (Å²) in [6.45, 7) is 0. The molecule has 0 saturated carbocycles. The molecule has 1 aromatic heterocycles. The molecule has 0 atom stereocenters. The molecule has 3 rings (SSSR count). The summed E-state index contributed by atoms with van der Waals surface area (Å²) >= 11 is 0. The van der Waals surface area contributed by atoms with Crippen LogP contribution in [0.3, 0.4) is 0 Å². The third-order valence-electron chi connectivity index (χ3n) is 2.98. The van der Waals surface area contributed by atoms with E-state index in [4.69, 9.17) is 4.42 Å². The van der Waals surface area contributed by atoms with E-state index in [1.807, 2.05) is 30.3 Å². The third-order valence-corrected chi connectivity index (χ3v) is 2.98. The van der Waals surface area contributed by atoms with E-state index in [1.165, 1.54) is 0 Å². The number of rotatable bonds is 2. The molecular weight excluding hydrogens is 240 g/mol. The maximum absolute atomic E-state index is 12.0. The fourth-order valence-electron chi connectivity index (χ4n) is 2.02. The molecule has 2 aromatic carbocycles. The van der Waals surface area contributed by atoms with Gasteiger partial charge in [-0.25, -0.2) is 4.79 Å². The standard InChI is InChI=1S/C16H10O3/c17-10-11-6-7-13-9-14(12-4-2-1-3-5-12)16(18)19-15(13)8-11/h1-10H. The van der Waals surface area contributed by atoms with Crippen molar-refractivity contribution in [3.63, 3.8) is 0 Å². The van der Waals surface area contributed by atoms with Crippen molar-refractivity contribution < 1.29 is 9.21 Å². The van der Waals surface area contributed by atoms with Crippen LogP contribution in [0.4, 0.5) is 0 Å². The van der Waals surface area contributed by atoms with Crippen molar-refractivity contribution in [2.24, 2.45) is 0 Å². The van der Waals surface area contributed by atoms with Gasteiger partial charge in [-0.2, -0.15) is 0 Å². The summed E-state index contributed by atoms with van der Waals surface area (Å²) < 4.78 is 5.28. The molecule has 0 aliphatic rings. The second kappa shape index (κ2) is 4.53. The van der Waals surface area contributed by atoms with E-state index in [1.54, 1.807) is 24.3 Å². The summed E-state index contributed by atoms with van der Waals surface area (Å²) in [4.78, 5) is 22.7. The maximum atomic E-state index is 12.0. The second-order valence-electron chi connectivity index (χ2n) is 4.23. The summed E-state index contributed by atoms with van der Waals surface area (Å²) in [5, 5.41) is 0.795. The summed E-state index contributed by atoms with van der Waals surface area (Å²) in [5.74, 6) is 0. The lowest BCUT2D eigenvalue weighted by Crippen LogP contribution is -2.02. The first-order valence-electron chi connectivity index (χ1n) is 5.86. The van der Waals surface area contributed by atoms with Crippen LogP contribution in [0.25, 0.3) is 22.1 Å². The SMILES string of the molecule is O=Cc1ccc2cc(-c3ccccc3)c(=O)oc2c1. The Balaban J connectivity index is 2.26. The number of hydrogen-bond acceptors (Lipinski definition) is 3. The van der Waals surface area contributed by atoms with Crippen molar-refractivity contribution in [3.8, 4) is 11.1 Å². The highest BCUT2D eigenvalue weighted by atomic mass is 16.4. The van der Waals surface area contributed by atoms with Gasteiger partial charge in [-0.15, -0.1) is 0 Å². The van der Waals surface area contributed by atoms with Gasteiger partial charge in [0.1, 0.15) is 11.9 Å². The zero-order chi connectivity index (χ0) is 13.2. The van der Waals surface area contributed by atoms with Crippen molar-refractivity contribution in [2.75, 3.05) is 0 Å². The average molecular weight is 250 g/mol. The first-order valence-corrected chi connectivity index (χ1v) is 5.86. The molecule has 0 bridgehead atoms. The largest absolute Gasteiger partial charge is 0.422 e. The van der Waals surface area contributed by atoms with Gasteiger partial charge in [0.25, 0.3) is 0 Å². The van der Waals surface area contributed by atoms with E-state index in [0.717, 1.165) is 17.2 Å². The molecular formula is C16H10O3. The molecule has 0 saturated heterocycles. The third kappa shape index (κ3) is 2.06. The second-order valence-corrected chi connectivity index (χ2v) is 4.23. The highest BCUT2D eigenvalue weighted by Gasteiger charge is 2.07. The van der Waals surface area contributed by atoms with Gasteiger partial charge in [0.15, 0.2) is 0 Å². The van der Waals surface area contributed by atoms with E-state index < -0.39 is 5.63 Å². The van der Waals surface area contributed by atoms with Crippen molar-refractivity contribution in [2.45, 2.75) is 0 Å². The topological polar surface area (TPSA) is 47.3 Å². The Hall–Kier alpha value is -2.68. The van der Waals surface area contributed by atoms with Gasteiger partial charge in [-0.1, -0.05) is 42.5 Å². The molecule has 3 nitrogen and oxygen atoms in total. The summed E-state index contributed by atoms with van der Waals surface area (Å²) in [6.07, 6.45) is 0.727. The van der Waals surface area contributed by atoms with Crippen LogP contribution >= 0.6 is 0 Å². The maximum Gasteiger partial charge on any atom is 0.344 e. The minimum absolute atomic E-state index is 0.401. The normalized spacial score (nSPS) is 10.5. The lowest BCUT2D eigenvalue weighted by molar-refractivity contribution is 0.112. The zero-order valence-corrected chi connectivity index (χ0v) is 10.00. The zero-order valence-electron chi connectivity index (χ0n) is 10.00. The van der Waals surface area contributed by atoms with E-state index in [2.05, 4.69) is 0 Å². The Labute approximate surface area is 109 Å². The van der Waals surface area contributed by atoms with E-state index in [-0.39, 0.29) is 0 Å². The van der Waals surface area contributed by atoms with Gasteiger partial charge in [-0.05, 0) is 17.7 Å². The van der Waals surface area contributed by atoms with Crippen LogP contribution in [-0.2, 0) is 0 Å². The van der Waals surface area contributed by atoms with Crippen molar-refractivity contribution >= 4 is 17.3 Å². The molecule has 0 aliphatic heterocycles. The molecule has 0 aliphatic carbocycles. The molecule has 3 aromatic rings.